The highest BCUT2D eigenvalue weighted by atomic mass is 19.4. The SMILES string of the molecule is FC(F)(F)c1cc(NC2CC3(CCN(Cc4ccnc(N5CCOCC5)c4)CC3)C2)ncn1.O=C(O)C(F)(F)F.O=C(O)C(F)(F)F. The van der Waals surface area contributed by atoms with Crippen molar-refractivity contribution in [3.63, 3.8) is 0 Å². The number of aliphatic carboxylic acids is 2. The zero-order valence-corrected chi connectivity index (χ0v) is 24.5. The summed E-state index contributed by atoms with van der Waals surface area (Å²) in [5.74, 6) is -4.24. The highest BCUT2D eigenvalue weighted by Crippen LogP contribution is 2.50. The number of carboxylic acid groups (broad SMARTS) is 2. The Morgan fingerprint density at radius 3 is 1.94 bits per heavy atom. The molecule has 1 aliphatic carbocycles. The van der Waals surface area contributed by atoms with Crippen LogP contribution in [0.2, 0.25) is 0 Å². The van der Waals surface area contributed by atoms with Crippen molar-refractivity contribution in [1.82, 2.24) is 19.9 Å². The summed E-state index contributed by atoms with van der Waals surface area (Å²) >= 11 is 0. The van der Waals surface area contributed by atoms with Crippen molar-refractivity contribution in [2.24, 2.45) is 5.41 Å². The normalized spacial score (nSPS) is 18.6. The zero-order chi connectivity index (χ0) is 35.0. The van der Waals surface area contributed by atoms with Crippen LogP contribution in [0.4, 0.5) is 51.1 Å². The fraction of sp³-hybridized carbons (Fsp3) is 0.593. The van der Waals surface area contributed by atoms with Gasteiger partial charge in [0.05, 0.1) is 13.2 Å². The van der Waals surface area contributed by atoms with Gasteiger partial charge >= 0.3 is 30.5 Å². The van der Waals surface area contributed by atoms with Crippen LogP contribution in [0.15, 0.2) is 30.7 Å². The molecular weight excluding hydrogens is 659 g/mol. The molecule has 5 rings (SSSR count). The van der Waals surface area contributed by atoms with Crippen molar-refractivity contribution in [2.45, 2.75) is 56.8 Å². The first-order chi connectivity index (χ1) is 21.8. The van der Waals surface area contributed by atoms with Gasteiger partial charge in [-0.25, -0.2) is 24.5 Å². The highest BCUT2D eigenvalue weighted by molar-refractivity contribution is 5.73. The van der Waals surface area contributed by atoms with Crippen LogP contribution in [0.5, 0.6) is 0 Å². The molecule has 1 saturated carbocycles. The maximum Gasteiger partial charge on any atom is 0.490 e. The molecule has 262 valence electrons. The average molecular weight is 691 g/mol. The number of hydrogen-bond donors (Lipinski definition) is 3. The number of likely N-dealkylation sites (tertiary alicyclic amines) is 1. The Kier molecular flexibility index (Phi) is 12.2. The Morgan fingerprint density at radius 2 is 1.43 bits per heavy atom. The first kappa shape index (κ1) is 37.5. The van der Waals surface area contributed by atoms with Crippen molar-refractivity contribution in [3.8, 4) is 0 Å². The maximum absolute atomic E-state index is 12.9. The fourth-order valence-electron chi connectivity index (χ4n) is 5.26. The van der Waals surface area contributed by atoms with Crippen LogP contribution in [-0.4, -0.2) is 99.8 Å². The van der Waals surface area contributed by atoms with Crippen LogP contribution in [0.25, 0.3) is 0 Å². The van der Waals surface area contributed by atoms with E-state index in [0.29, 0.717) is 5.41 Å². The number of ether oxygens (including phenoxy) is 1. The van der Waals surface area contributed by atoms with E-state index in [2.05, 4.69) is 42.2 Å². The summed E-state index contributed by atoms with van der Waals surface area (Å²) in [4.78, 5) is 34.4. The number of nitrogens with one attached hydrogen (secondary N) is 1. The fourth-order valence-corrected chi connectivity index (χ4v) is 5.26. The highest BCUT2D eigenvalue weighted by Gasteiger charge is 2.46. The van der Waals surface area contributed by atoms with E-state index in [4.69, 9.17) is 24.5 Å². The number of anilines is 2. The minimum atomic E-state index is -5.08. The van der Waals surface area contributed by atoms with Crippen molar-refractivity contribution < 1.29 is 64.1 Å². The minimum absolute atomic E-state index is 0.170. The van der Waals surface area contributed by atoms with Crippen LogP contribution >= 0.6 is 0 Å². The lowest BCUT2D eigenvalue weighted by atomic mass is 9.60. The van der Waals surface area contributed by atoms with E-state index in [1.54, 1.807) is 0 Å². The number of piperidine rings is 1. The first-order valence-corrected chi connectivity index (χ1v) is 14.0. The zero-order valence-electron chi connectivity index (χ0n) is 24.5. The summed E-state index contributed by atoms with van der Waals surface area (Å²) in [6.45, 7) is 6.24. The van der Waals surface area contributed by atoms with E-state index >= 15 is 0 Å². The van der Waals surface area contributed by atoms with Crippen molar-refractivity contribution in [2.75, 3.05) is 49.6 Å². The second kappa shape index (κ2) is 15.3. The summed E-state index contributed by atoms with van der Waals surface area (Å²) in [7, 11) is 0. The molecule has 47 heavy (non-hydrogen) atoms. The molecule has 0 bridgehead atoms. The van der Waals surface area contributed by atoms with Crippen molar-refractivity contribution in [1.29, 1.82) is 0 Å². The average Bonchev–Trinajstić information content (AvgIpc) is 2.97. The third kappa shape index (κ3) is 11.7. The number of halogens is 9. The van der Waals surface area contributed by atoms with E-state index in [1.165, 1.54) is 5.56 Å². The van der Waals surface area contributed by atoms with Crippen LogP contribution in [-0.2, 0) is 27.0 Å². The van der Waals surface area contributed by atoms with Crippen LogP contribution < -0.4 is 10.2 Å². The molecule has 0 amide bonds. The Balaban J connectivity index is 0.000000360. The lowest BCUT2D eigenvalue weighted by molar-refractivity contribution is -0.193. The molecule has 2 aromatic heterocycles. The van der Waals surface area contributed by atoms with Gasteiger partial charge in [-0.15, -0.1) is 0 Å². The van der Waals surface area contributed by atoms with Gasteiger partial charge in [-0.1, -0.05) is 0 Å². The third-order valence-electron chi connectivity index (χ3n) is 7.62. The molecule has 0 aromatic carbocycles. The number of rotatable bonds is 5. The molecule has 2 aliphatic heterocycles. The van der Waals surface area contributed by atoms with Crippen molar-refractivity contribution in [3.05, 3.63) is 42.0 Å². The van der Waals surface area contributed by atoms with Gasteiger partial charge < -0.3 is 25.2 Å². The lowest BCUT2D eigenvalue weighted by Crippen LogP contribution is -2.51. The van der Waals surface area contributed by atoms with Gasteiger partial charge in [0.15, 0.2) is 0 Å². The molecular formula is C27H31F9N6O5. The topological polar surface area (TPSA) is 141 Å². The van der Waals surface area contributed by atoms with E-state index in [9.17, 15) is 39.5 Å². The Morgan fingerprint density at radius 1 is 0.872 bits per heavy atom. The van der Waals surface area contributed by atoms with Gasteiger partial charge in [0.1, 0.15) is 23.7 Å². The molecule has 4 heterocycles. The second-order valence-electron chi connectivity index (χ2n) is 11.0. The van der Waals surface area contributed by atoms with E-state index < -0.39 is 36.2 Å². The molecule has 20 heteroatoms. The Hall–Kier alpha value is -3.94. The number of nitrogens with zero attached hydrogens (tertiary/aromatic N) is 5. The summed E-state index contributed by atoms with van der Waals surface area (Å²) < 4.78 is 107. The summed E-state index contributed by atoms with van der Waals surface area (Å²) in [5.41, 5.74) is 0.667. The molecule has 1 spiro atoms. The van der Waals surface area contributed by atoms with Gasteiger partial charge in [0.2, 0.25) is 0 Å². The first-order valence-electron chi connectivity index (χ1n) is 14.0. The predicted octanol–water partition coefficient (Wildman–Crippen LogP) is 4.85. The predicted molar refractivity (Wildman–Crippen MR) is 145 cm³/mol. The van der Waals surface area contributed by atoms with Crippen LogP contribution in [0.1, 0.15) is 36.9 Å². The molecule has 0 unspecified atom stereocenters. The number of carboxylic acids is 2. The number of aromatic nitrogens is 3. The number of alkyl halides is 9. The van der Waals surface area contributed by atoms with E-state index in [1.807, 2.05) is 6.20 Å². The molecule has 11 nitrogen and oxygen atoms in total. The largest absolute Gasteiger partial charge is 0.490 e. The van der Waals surface area contributed by atoms with E-state index in [0.717, 1.165) is 89.8 Å². The molecule has 3 fully saturated rings. The monoisotopic (exact) mass is 690 g/mol. The summed E-state index contributed by atoms with van der Waals surface area (Å²) in [6.07, 6.45) is -7.57. The quantitative estimate of drug-likeness (QED) is 0.371. The second-order valence-corrected chi connectivity index (χ2v) is 11.0. The van der Waals surface area contributed by atoms with Gasteiger partial charge in [-0.2, -0.15) is 39.5 Å². The smallest absolute Gasteiger partial charge is 0.475 e. The molecule has 2 aromatic rings. The number of carbonyl (C=O) groups is 2. The lowest BCUT2D eigenvalue weighted by Gasteiger charge is -2.52. The number of pyridine rings is 1. The van der Waals surface area contributed by atoms with Gasteiger partial charge in [-0.05, 0) is 61.9 Å². The van der Waals surface area contributed by atoms with Gasteiger partial charge in [0, 0.05) is 37.9 Å². The third-order valence-corrected chi connectivity index (χ3v) is 7.62. The maximum atomic E-state index is 12.9. The Labute approximate surface area is 261 Å². The molecule has 2 saturated heterocycles. The standard InChI is InChI=1S/C23H29F3N6O.2C2HF3O2/c24-23(25,26)19-12-20(29-16-28-19)30-18-13-22(14-18)2-5-31(6-3-22)15-17-1-4-27-21(11-17)32-7-9-33-10-8-32;2*3-2(4,5)1(6)7/h1,4,11-12,16,18H,2-3,5-10,13-15H2,(H,28,29,30);2*(H,6,7). The minimum Gasteiger partial charge on any atom is -0.475 e. The number of hydrogen-bond acceptors (Lipinski definition) is 9. The summed E-state index contributed by atoms with van der Waals surface area (Å²) in [6, 6.07) is 5.45. The van der Waals surface area contributed by atoms with Gasteiger partial charge in [-0.3, -0.25) is 4.90 Å². The molecule has 3 aliphatic rings. The van der Waals surface area contributed by atoms with Crippen molar-refractivity contribution >= 4 is 23.6 Å². The molecule has 0 radical (unpaired) electrons. The van der Waals surface area contributed by atoms with Crippen LogP contribution in [0, 0.1) is 5.41 Å². The van der Waals surface area contributed by atoms with Gasteiger partial charge in [0.25, 0.3) is 0 Å². The number of morpholine rings is 1. The van der Waals surface area contributed by atoms with E-state index in [-0.39, 0.29) is 11.9 Å². The summed E-state index contributed by atoms with van der Waals surface area (Å²) in [5, 5.41) is 17.4. The molecule has 0 atom stereocenters. The Bertz CT molecular complexity index is 1310. The van der Waals surface area contributed by atoms with Crippen LogP contribution in [0.3, 0.4) is 0 Å². The molecule has 3 N–H and O–H groups in total.